The van der Waals surface area contributed by atoms with Gasteiger partial charge in [-0.25, -0.2) is 9.37 Å². The maximum absolute atomic E-state index is 16.1. The number of hydrogen-bond donors (Lipinski definition) is 2. The van der Waals surface area contributed by atoms with Gasteiger partial charge in [0.15, 0.2) is 11.6 Å². The number of rotatable bonds is 5. The Hall–Kier alpha value is -3.92. The van der Waals surface area contributed by atoms with Crippen molar-refractivity contribution in [3.05, 3.63) is 48.4 Å². The van der Waals surface area contributed by atoms with Gasteiger partial charge >= 0.3 is 0 Å². The molecule has 0 spiro atoms. The smallest absolute Gasteiger partial charge is 0.161 e. The molecule has 0 bridgehead atoms. The Bertz CT molecular complexity index is 1580. The van der Waals surface area contributed by atoms with E-state index in [0.29, 0.717) is 28.0 Å². The van der Waals surface area contributed by atoms with E-state index >= 15 is 4.39 Å². The molecular weight excluding hydrogens is 469 g/mol. The molecule has 9 nitrogen and oxygen atoms in total. The van der Waals surface area contributed by atoms with Crippen LogP contribution < -0.4 is 4.90 Å². The minimum atomic E-state index is -0.434. The molecule has 2 saturated heterocycles. The maximum Gasteiger partial charge on any atom is 0.161 e. The van der Waals surface area contributed by atoms with E-state index in [1.807, 2.05) is 18.5 Å². The van der Waals surface area contributed by atoms with Crippen LogP contribution in [0.3, 0.4) is 0 Å². The number of nitrogens with zero attached hydrogens (tertiary/aromatic N) is 7. The molecule has 2 aliphatic heterocycles. The molecule has 0 aliphatic carbocycles. The number of fused-ring (bicyclic) bond motifs is 2. The SMILES string of the molecule is Fc1c(-c2cncc(CN3CCCC3)c2)ncc2[nH]nc(-c3nc4c(N5CCCCC5)cncc4[nH]3)c12. The molecule has 188 valence electrons. The first-order valence-corrected chi connectivity index (χ1v) is 13.0. The first-order chi connectivity index (χ1) is 18.2. The van der Waals surface area contributed by atoms with Gasteiger partial charge < -0.3 is 9.88 Å². The molecule has 0 amide bonds. The zero-order chi connectivity index (χ0) is 24.8. The zero-order valence-corrected chi connectivity index (χ0v) is 20.5. The lowest BCUT2D eigenvalue weighted by Crippen LogP contribution is -2.29. The lowest BCUT2D eigenvalue weighted by atomic mass is 10.1. The Morgan fingerprint density at radius 1 is 0.838 bits per heavy atom. The van der Waals surface area contributed by atoms with Gasteiger partial charge in [0.2, 0.25) is 0 Å². The second kappa shape index (κ2) is 9.19. The molecule has 0 radical (unpaired) electrons. The summed E-state index contributed by atoms with van der Waals surface area (Å²) in [5.41, 5.74) is 5.57. The molecule has 7 heterocycles. The average Bonchev–Trinajstić information content (AvgIpc) is 3.69. The summed E-state index contributed by atoms with van der Waals surface area (Å²) in [6.45, 7) is 4.97. The van der Waals surface area contributed by atoms with Gasteiger partial charge in [0.25, 0.3) is 0 Å². The second-order valence-electron chi connectivity index (χ2n) is 10.0. The summed E-state index contributed by atoms with van der Waals surface area (Å²) in [6.07, 6.45) is 14.8. The number of aromatic amines is 2. The normalized spacial score (nSPS) is 16.8. The van der Waals surface area contributed by atoms with Crippen LogP contribution in [0.2, 0.25) is 0 Å². The Kier molecular flexibility index (Phi) is 5.53. The van der Waals surface area contributed by atoms with Crippen molar-refractivity contribution in [1.82, 2.24) is 40.0 Å². The van der Waals surface area contributed by atoms with Gasteiger partial charge in [0.1, 0.15) is 16.9 Å². The highest BCUT2D eigenvalue weighted by Crippen LogP contribution is 2.34. The van der Waals surface area contributed by atoms with E-state index in [1.54, 1.807) is 18.6 Å². The van der Waals surface area contributed by atoms with Gasteiger partial charge in [-0.2, -0.15) is 5.10 Å². The van der Waals surface area contributed by atoms with Crippen LogP contribution in [0.5, 0.6) is 0 Å². The highest BCUT2D eigenvalue weighted by Gasteiger charge is 2.23. The van der Waals surface area contributed by atoms with Gasteiger partial charge in [-0.05, 0) is 56.8 Å². The highest BCUT2D eigenvalue weighted by molar-refractivity contribution is 5.97. The van der Waals surface area contributed by atoms with E-state index < -0.39 is 5.82 Å². The third-order valence-corrected chi connectivity index (χ3v) is 7.51. The molecule has 0 unspecified atom stereocenters. The Morgan fingerprint density at radius 3 is 2.51 bits per heavy atom. The molecule has 37 heavy (non-hydrogen) atoms. The molecule has 5 aromatic heterocycles. The molecule has 5 aromatic rings. The number of likely N-dealkylation sites (tertiary alicyclic amines) is 1. The number of hydrogen-bond acceptors (Lipinski definition) is 7. The molecule has 0 aromatic carbocycles. The van der Waals surface area contributed by atoms with E-state index in [9.17, 15) is 0 Å². The van der Waals surface area contributed by atoms with E-state index in [2.05, 4.69) is 39.9 Å². The summed E-state index contributed by atoms with van der Waals surface area (Å²) in [7, 11) is 0. The summed E-state index contributed by atoms with van der Waals surface area (Å²) < 4.78 is 16.1. The lowest BCUT2D eigenvalue weighted by molar-refractivity contribution is 0.331. The number of pyridine rings is 3. The number of halogens is 1. The van der Waals surface area contributed by atoms with E-state index in [0.717, 1.165) is 67.8 Å². The van der Waals surface area contributed by atoms with Crippen molar-refractivity contribution in [1.29, 1.82) is 0 Å². The van der Waals surface area contributed by atoms with Gasteiger partial charge in [0, 0.05) is 37.6 Å². The summed E-state index contributed by atoms with van der Waals surface area (Å²) in [5, 5.41) is 7.72. The fourth-order valence-electron chi connectivity index (χ4n) is 5.65. The lowest BCUT2D eigenvalue weighted by Gasteiger charge is -2.28. The Morgan fingerprint density at radius 2 is 1.65 bits per heavy atom. The standard InChI is InChI=1S/C27H28FN9/c28-23-22-19(14-31-24(23)18-10-17(11-29-12-18)16-36-6-4-5-7-36)34-35-26(22)27-32-20-13-30-15-21(25(20)33-27)37-8-2-1-3-9-37/h10-15H,1-9,16H2,(H,32,33)(H,34,35). The van der Waals surface area contributed by atoms with Crippen molar-refractivity contribution < 1.29 is 4.39 Å². The number of piperidine rings is 1. The van der Waals surface area contributed by atoms with E-state index in [-0.39, 0.29) is 5.69 Å². The second-order valence-corrected chi connectivity index (χ2v) is 10.0. The Balaban J connectivity index is 1.28. The van der Waals surface area contributed by atoms with Crippen LogP contribution in [0.15, 0.2) is 37.1 Å². The summed E-state index contributed by atoms with van der Waals surface area (Å²) >= 11 is 0. The van der Waals surface area contributed by atoms with Gasteiger partial charge in [-0.15, -0.1) is 0 Å². The predicted molar refractivity (Wildman–Crippen MR) is 141 cm³/mol. The molecular formula is C27H28FN9. The van der Waals surface area contributed by atoms with Crippen LogP contribution in [-0.2, 0) is 6.54 Å². The van der Waals surface area contributed by atoms with Crippen LogP contribution in [0.4, 0.5) is 10.1 Å². The van der Waals surface area contributed by atoms with Crippen molar-refractivity contribution >= 4 is 27.6 Å². The number of aromatic nitrogens is 7. The third-order valence-electron chi connectivity index (χ3n) is 7.51. The molecule has 0 atom stereocenters. The van der Waals surface area contributed by atoms with Gasteiger partial charge in [-0.3, -0.25) is 25.0 Å². The van der Waals surface area contributed by atoms with Crippen molar-refractivity contribution in [2.75, 3.05) is 31.1 Å². The zero-order valence-electron chi connectivity index (χ0n) is 20.5. The number of nitrogens with one attached hydrogen (secondary N) is 2. The van der Waals surface area contributed by atoms with Crippen molar-refractivity contribution in [2.24, 2.45) is 0 Å². The topological polar surface area (TPSA) is 103 Å². The fourth-order valence-corrected chi connectivity index (χ4v) is 5.65. The van der Waals surface area contributed by atoms with Crippen molar-refractivity contribution in [2.45, 2.75) is 38.6 Å². The minimum Gasteiger partial charge on any atom is -0.368 e. The molecule has 2 N–H and O–H groups in total. The van der Waals surface area contributed by atoms with Crippen LogP contribution in [0, 0.1) is 5.82 Å². The predicted octanol–water partition coefficient (Wildman–Crippen LogP) is 4.68. The largest absolute Gasteiger partial charge is 0.368 e. The van der Waals surface area contributed by atoms with Crippen molar-refractivity contribution in [3.8, 4) is 22.8 Å². The summed E-state index contributed by atoms with van der Waals surface area (Å²) in [6, 6.07) is 1.99. The van der Waals surface area contributed by atoms with E-state index in [1.165, 1.54) is 19.3 Å². The number of H-pyrrole nitrogens is 2. The average molecular weight is 498 g/mol. The molecule has 0 saturated carbocycles. The third kappa shape index (κ3) is 4.01. The maximum atomic E-state index is 16.1. The Labute approximate surface area is 213 Å². The molecule has 2 fully saturated rings. The van der Waals surface area contributed by atoms with Crippen LogP contribution in [0.1, 0.15) is 37.7 Å². The molecule has 2 aliphatic rings. The van der Waals surface area contributed by atoms with E-state index in [4.69, 9.17) is 4.98 Å². The quantitative estimate of drug-likeness (QED) is 0.363. The molecule has 10 heteroatoms. The van der Waals surface area contributed by atoms with Gasteiger partial charge in [0.05, 0.1) is 40.7 Å². The first kappa shape index (κ1) is 22.3. The summed E-state index contributed by atoms with van der Waals surface area (Å²) in [4.78, 5) is 26.2. The number of anilines is 1. The minimum absolute atomic E-state index is 0.262. The van der Waals surface area contributed by atoms with Crippen molar-refractivity contribution in [3.63, 3.8) is 0 Å². The summed E-state index contributed by atoms with van der Waals surface area (Å²) in [5.74, 6) is 0.0701. The fraction of sp³-hybridized carbons (Fsp3) is 0.370. The highest BCUT2D eigenvalue weighted by atomic mass is 19.1. The van der Waals surface area contributed by atoms with Crippen LogP contribution >= 0.6 is 0 Å². The van der Waals surface area contributed by atoms with Crippen LogP contribution in [0.25, 0.3) is 44.7 Å². The number of imidazole rings is 1. The monoisotopic (exact) mass is 497 g/mol. The van der Waals surface area contributed by atoms with Gasteiger partial charge in [-0.1, -0.05) is 0 Å². The van der Waals surface area contributed by atoms with Crippen LogP contribution in [-0.4, -0.2) is 66.2 Å². The molecule has 7 rings (SSSR count). The first-order valence-electron chi connectivity index (χ1n) is 13.0.